The molecular formula is C13H12N2. The number of fused-ring (bicyclic) bond motifs is 4. The van der Waals surface area contributed by atoms with Gasteiger partial charge in [0.25, 0.3) is 0 Å². The van der Waals surface area contributed by atoms with E-state index in [1.54, 1.807) is 11.1 Å². The number of azo groups is 1. The third-order valence-corrected chi connectivity index (χ3v) is 5.10. The van der Waals surface area contributed by atoms with Gasteiger partial charge in [0, 0.05) is 17.3 Å². The molecule has 0 aromatic heterocycles. The zero-order valence-corrected chi connectivity index (χ0v) is 8.43. The Bertz CT molecular complexity index is 501. The molecule has 74 valence electrons. The zero-order chi connectivity index (χ0) is 9.62. The molecule has 2 fully saturated rings. The quantitative estimate of drug-likeness (QED) is 0.609. The van der Waals surface area contributed by atoms with Crippen molar-refractivity contribution in [1.82, 2.24) is 0 Å². The Morgan fingerprint density at radius 2 is 1.87 bits per heavy atom. The highest BCUT2D eigenvalue weighted by Crippen LogP contribution is 2.76. The van der Waals surface area contributed by atoms with Gasteiger partial charge in [-0.1, -0.05) is 24.3 Å². The molecule has 0 saturated heterocycles. The van der Waals surface area contributed by atoms with E-state index in [1.165, 1.54) is 12.8 Å². The van der Waals surface area contributed by atoms with Crippen LogP contribution in [-0.4, -0.2) is 12.1 Å². The van der Waals surface area contributed by atoms with E-state index in [1.807, 2.05) is 0 Å². The molecule has 0 amide bonds. The van der Waals surface area contributed by atoms with Crippen molar-refractivity contribution in [3.8, 4) is 0 Å². The van der Waals surface area contributed by atoms with Gasteiger partial charge in [0.15, 0.2) is 0 Å². The third-order valence-electron chi connectivity index (χ3n) is 5.10. The Morgan fingerprint density at radius 1 is 1.07 bits per heavy atom. The molecular weight excluding hydrogens is 184 g/mol. The van der Waals surface area contributed by atoms with Crippen molar-refractivity contribution >= 4 is 0 Å². The first-order valence-electron chi connectivity index (χ1n) is 5.91. The summed E-state index contributed by atoms with van der Waals surface area (Å²) in [4.78, 5) is 0. The summed E-state index contributed by atoms with van der Waals surface area (Å²) in [6.07, 6.45) is 2.78. The fourth-order valence-corrected chi connectivity index (χ4v) is 4.45. The van der Waals surface area contributed by atoms with Crippen LogP contribution in [0.5, 0.6) is 0 Å². The van der Waals surface area contributed by atoms with Gasteiger partial charge in [0.05, 0.1) is 12.1 Å². The van der Waals surface area contributed by atoms with Crippen molar-refractivity contribution in [2.45, 2.75) is 36.8 Å². The van der Waals surface area contributed by atoms with Gasteiger partial charge in [0.2, 0.25) is 0 Å². The van der Waals surface area contributed by atoms with Crippen LogP contribution in [0.1, 0.15) is 35.8 Å². The van der Waals surface area contributed by atoms with Crippen LogP contribution in [-0.2, 0) is 0 Å². The second kappa shape index (κ2) is 1.89. The molecule has 4 aliphatic rings. The van der Waals surface area contributed by atoms with E-state index in [0.29, 0.717) is 23.4 Å². The summed E-state index contributed by atoms with van der Waals surface area (Å²) in [5, 5.41) is 9.03. The lowest BCUT2D eigenvalue weighted by Crippen LogP contribution is -2.26. The molecule has 1 spiro atoms. The van der Waals surface area contributed by atoms with Gasteiger partial charge < -0.3 is 0 Å². The van der Waals surface area contributed by atoms with Gasteiger partial charge in [-0.25, -0.2) is 0 Å². The number of benzene rings is 1. The van der Waals surface area contributed by atoms with Crippen molar-refractivity contribution in [2.75, 3.05) is 0 Å². The Morgan fingerprint density at radius 3 is 2.67 bits per heavy atom. The van der Waals surface area contributed by atoms with E-state index >= 15 is 0 Å². The second-order valence-electron chi connectivity index (χ2n) is 5.53. The smallest absolute Gasteiger partial charge is 0.0872 e. The first-order valence-corrected chi connectivity index (χ1v) is 5.91. The largest absolute Gasteiger partial charge is 0.189 e. The monoisotopic (exact) mass is 196 g/mol. The Balaban J connectivity index is 1.85. The molecule has 2 heteroatoms. The van der Waals surface area contributed by atoms with Gasteiger partial charge in [-0.05, 0) is 24.0 Å². The highest BCUT2D eigenvalue weighted by atomic mass is 15.3. The summed E-state index contributed by atoms with van der Waals surface area (Å²) >= 11 is 0. The average molecular weight is 196 g/mol. The summed E-state index contributed by atoms with van der Waals surface area (Å²) in [7, 11) is 0. The van der Waals surface area contributed by atoms with Crippen LogP contribution in [0.15, 0.2) is 34.5 Å². The highest BCUT2D eigenvalue weighted by molar-refractivity contribution is 5.52. The van der Waals surface area contributed by atoms with Gasteiger partial charge in [-0.15, -0.1) is 0 Å². The zero-order valence-electron chi connectivity index (χ0n) is 8.43. The number of hydrogen-bond acceptors (Lipinski definition) is 2. The highest BCUT2D eigenvalue weighted by Gasteiger charge is 2.73. The molecule has 0 unspecified atom stereocenters. The van der Waals surface area contributed by atoms with Crippen LogP contribution < -0.4 is 0 Å². The molecule has 2 nitrogen and oxygen atoms in total. The average Bonchev–Trinajstić information content (AvgIpc) is 2.75. The Labute approximate surface area is 88.4 Å². The molecule has 2 saturated carbocycles. The predicted molar refractivity (Wildman–Crippen MR) is 56.0 cm³/mol. The van der Waals surface area contributed by atoms with Gasteiger partial charge in [0.1, 0.15) is 0 Å². The van der Waals surface area contributed by atoms with Crippen molar-refractivity contribution in [2.24, 2.45) is 15.6 Å². The first kappa shape index (κ1) is 7.15. The summed E-state index contributed by atoms with van der Waals surface area (Å²) in [6, 6.07) is 10.0. The normalized spacial score (nSPS) is 45.1. The predicted octanol–water partition coefficient (Wildman–Crippen LogP) is 2.86. The lowest BCUT2D eigenvalue weighted by atomic mass is 9.77. The van der Waals surface area contributed by atoms with Crippen LogP contribution in [0.4, 0.5) is 0 Å². The minimum atomic E-state index is 0.509. The lowest BCUT2D eigenvalue weighted by Gasteiger charge is -2.29. The molecule has 5 rings (SSSR count). The third kappa shape index (κ3) is 0.559. The number of nitrogens with zero attached hydrogens (tertiary/aromatic N) is 2. The Hall–Kier alpha value is -1.18. The van der Waals surface area contributed by atoms with Crippen molar-refractivity contribution in [1.29, 1.82) is 0 Å². The van der Waals surface area contributed by atoms with Gasteiger partial charge >= 0.3 is 0 Å². The molecule has 0 N–H and O–H groups in total. The maximum atomic E-state index is 4.53. The number of rotatable bonds is 0. The van der Waals surface area contributed by atoms with E-state index in [9.17, 15) is 0 Å². The van der Waals surface area contributed by atoms with E-state index in [4.69, 9.17) is 0 Å². The van der Waals surface area contributed by atoms with Crippen LogP contribution in [0.3, 0.4) is 0 Å². The van der Waals surface area contributed by atoms with Crippen LogP contribution in [0.25, 0.3) is 0 Å². The standard InChI is InChI=1S/C13H12N2/c1-2-4-8-7(3-1)9-11-10(8)13(5-6-13)12(9)15-14-11/h1-4,9-12H,5-6H2/t9-,10+,11+,12+/m0/s1. The maximum Gasteiger partial charge on any atom is 0.0872 e. The van der Waals surface area contributed by atoms with Gasteiger partial charge in [-0.3, -0.25) is 0 Å². The molecule has 1 heterocycles. The fraction of sp³-hybridized carbons (Fsp3) is 0.538. The topological polar surface area (TPSA) is 24.7 Å². The molecule has 1 aliphatic heterocycles. The Kier molecular flexibility index (Phi) is 0.899. The minimum Gasteiger partial charge on any atom is -0.189 e. The minimum absolute atomic E-state index is 0.509. The molecule has 0 radical (unpaired) electrons. The van der Waals surface area contributed by atoms with E-state index < -0.39 is 0 Å². The summed E-state index contributed by atoms with van der Waals surface area (Å²) < 4.78 is 0. The number of hydrogen-bond donors (Lipinski definition) is 0. The van der Waals surface area contributed by atoms with Crippen LogP contribution >= 0.6 is 0 Å². The molecule has 3 aliphatic carbocycles. The summed E-state index contributed by atoms with van der Waals surface area (Å²) in [5.41, 5.74) is 3.71. The molecule has 1 aromatic carbocycles. The van der Waals surface area contributed by atoms with E-state index in [2.05, 4.69) is 34.5 Å². The first-order chi connectivity index (χ1) is 7.42. The second-order valence-corrected chi connectivity index (χ2v) is 5.53. The summed E-state index contributed by atoms with van der Waals surface area (Å²) in [5.74, 6) is 1.37. The van der Waals surface area contributed by atoms with Crippen molar-refractivity contribution in [3.05, 3.63) is 35.4 Å². The molecule has 4 bridgehead atoms. The fourth-order valence-electron chi connectivity index (χ4n) is 4.45. The van der Waals surface area contributed by atoms with E-state index in [-0.39, 0.29) is 0 Å². The molecule has 15 heavy (non-hydrogen) atoms. The SMILES string of the molecule is c1ccc2c(c1)[C@H]1[C@H]3N=N[C@H]1C1(CC1)[C@H]23. The van der Waals surface area contributed by atoms with Crippen molar-refractivity contribution in [3.63, 3.8) is 0 Å². The van der Waals surface area contributed by atoms with E-state index in [0.717, 1.165) is 5.92 Å². The molecule has 4 atom stereocenters. The molecule has 1 aromatic rings. The van der Waals surface area contributed by atoms with Crippen LogP contribution in [0.2, 0.25) is 0 Å². The van der Waals surface area contributed by atoms with Crippen LogP contribution in [0, 0.1) is 5.41 Å². The maximum absolute atomic E-state index is 4.53. The van der Waals surface area contributed by atoms with Crippen molar-refractivity contribution < 1.29 is 0 Å². The lowest BCUT2D eigenvalue weighted by molar-refractivity contribution is 0.353. The summed E-state index contributed by atoms with van der Waals surface area (Å²) in [6.45, 7) is 0. The van der Waals surface area contributed by atoms with Gasteiger partial charge in [-0.2, -0.15) is 10.2 Å².